The highest BCUT2D eigenvalue weighted by Crippen LogP contribution is 2.29. The van der Waals surface area contributed by atoms with Crippen molar-refractivity contribution >= 4 is 56.5 Å². The van der Waals surface area contributed by atoms with Crippen molar-refractivity contribution in [3.8, 4) is 17.2 Å². The maximum Gasteiger partial charge on any atom is 0.307 e. The molecule has 200 valence electrons. The smallest absolute Gasteiger partial charge is 0.307 e. The maximum absolute atomic E-state index is 14.8. The lowest BCUT2D eigenvalue weighted by molar-refractivity contribution is -0.136. The van der Waals surface area contributed by atoms with Gasteiger partial charge in [-0.25, -0.2) is 9.37 Å². The van der Waals surface area contributed by atoms with Crippen molar-refractivity contribution in [2.75, 3.05) is 12.4 Å². The van der Waals surface area contributed by atoms with Gasteiger partial charge in [-0.3, -0.25) is 14.6 Å². The highest BCUT2D eigenvalue weighted by molar-refractivity contribution is 9.10. The van der Waals surface area contributed by atoms with Crippen molar-refractivity contribution in [1.82, 2.24) is 4.98 Å². The number of carbonyl (C=O) groups is 2. The zero-order chi connectivity index (χ0) is 28.2. The van der Waals surface area contributed by atoms with Gasteiger partial charge in [-0.2, -0.15) is 0 Å². The van der Waals surface area contributed by atoms with E-state index in [0.29, 0.717) is 49.3 Å². The van der Waals surface area contributed by atoms with Gasteiger partial charge in [0.25, 0.3) is 5.91 Å². The van der Waals surface area contributed by atoms with Crippen LogP contribution in [-0.4, -0.2) is 35.3 Å². The number of nitrogens with one attached hydrogen (secondary N) is 1. The van der Waals surface area contributed by atoms with Gasteiger partial charge in [0, 0.05) is 23.0 Å². The lowest BCUT2D eigenvalue weighted by atomic mass is 10.1. The number of amides is 1. The molecule has 0 bridgehead atoms. The predicted molar refractivity (Wildman–Crippen MR) is 153 cm³/mol. The minimum atomic E-state index is -0.942. The molecule has 0 saturated heterocycles. The van der Waals surface area contributed by atoms with Crippen LogP contribution in [0.1, 0.15) is 21.5 Å². The molecule has 0 spiro atoms. The first kappa shape index (κ1) is 26.8. The number of carboxylic acid groups (broad SMARTS) is 1. The number of fused-ring (bicyclic) bond motifs is 1. The molecule has 1 amide bonds. The fourth-order valence-corrected chi connectivity index (χ4v) is 4.47. The molecule has 5 rings (SSSR count). The Morgan fingerprint density at radius 3 is 2.58 bits per heavy atom. The lowest BCUT2D eigenvalue weighted by Gasteiger charge is -2.08. The summed E-state index contributed by atoms with van der Waals surface area (Å²) in [6.07, 6.45) is 1.40. The number of nitrogens with zero attached hydrogens (tertiary/aromatic N) is 2. The first-order valence-electron chi connectivity index (χ1n) is 12.0. The normalized spacial score (nSPS) is 11.2. The molecule has 0 unspecified atom stereocenters. The predicted octanol–water partition coefficient (Wildman–Crippen LogP) is 7.04. The number of carbonyl (C=O) groups excluding carboxylic acids is 1. The van der Waals surface area contributed by atoms with Crippen LogP contribution in [0.3, 0.4) is 0 Å². The fraction of sp³-hybridized carbons (Fsp3) is 0.0667. The van der Waals surface area contributed by atoms with Gasteiger partial charge in [-0.15, -0.1) is 0 Å². The molecule has 4 aromatic carbocycles. The van der Waals surface area contributed by atoms with Crippen molar-refractivity contribution in [1.29, 1.82) is 0 Å². The number of hydrogen-bond donors (Lipinski definition) is 2. The van der Waals surface area contributed by atoms with E-state index in [1.165, 1.54) is 18.3 Å². The summed E-state index contributed by atoms with van der Waals surface area (Å²) in [5.41, 5.74) is 3.90. The van der Waals surface area contributed by atoms with E-state index >= 15 is 0 Å². The van der Waals surface area contributed by atoms with Gasteiger partial charge in [-0.05, 0) is 87.7 Å². The molecular formula is C30H21BrFN3O5. The average molecular weight is 602 g/mol. The number of ether oxygens (including phenoxy) is 1. The maximum atomic E-state index is 14.8. The van der Waals surface area contributed by atoms with E-state index in [0.717, 1.165) is 0 Å². The summed E-state index contributed by atoms with van der Waals surface area (Å²) < 4.78 is 26.4. The average Bonchev–Trinajstić information content (AvgIpc) is 3.36. The molecule has 2 N–H and O–H groups in total. The van der Waals surface area contributed by atoms with Gasteiger partial charge >= 0.3 is 5.97 Å². The monoisotopic (exact) mass is 601 g/mol. The molecule has 8 nitrogen and oxygen atoms in total. The van der Waals surface area contributed by atoms with Gasteiger partial charge in [0.05, 0.1) is 23.7 Å². The number of rotatable bonds is 8. The Morgan fingerprint density at radius 1 is 1.07 bits per heavy atom. The van der Waals surface area contributed by atoms with Crippen molar-refractivity contribution in [2.24, 2.45) is 4.99 Å². The Bertz CT molecular complexity index is 1770. The number of oxazole rings is 1. The summed E-state index contributed by atoms with van der Waals surface area (Å²) in [6.45, 7) is 0. The number of benzene rings is 4. The van der Waals surface area contributed by atoms with Crippen LogP contribution in [0.15, 0.2) is 92.7 Å². The fourth-order valence-electron chi connectivity index (χ4n) is 3.93. The van der Waals surface area contributed by atoms with E-state index in [-0.39, 0.29) is 23.9 Å². The van der Waals surface area contributed by atoms with E-state index in [1.807, 2.05) is 0 Å². The molecular weight excluding hydrogens is 581 g/mol. The number of aliphatic imine (C=N–C) groups is 1. The van der Waals surface area contributed by atoms with Gasteiger partial charge in [0.1, 0.15) is 17.1 Å². The molecule has 0 atom stereocenters. The Morgan fingerprint density at radius 2 is 1.88 bits per heavy atom. The topological polar surface area (TPSA) is 114 Å². The number of hydrogen-bond acceptors (Lipinski definition) is 6. The molecule has 0 saturated carbocycles. The Kier molecular flexibility index (Phi) is 7.70. The van der Waals surface area contributed by atoms with Gasteiger partial charge in [0.2, 0.25) is 5.89 Å². The summed E-state index contributed by atoms with van der Waals surface area (Å²) >= 11 is 3.37. The number of methoxy groups -OCH3 is 1. The SMILES string of the molecule is COc1ccc(C(=O)Nc2ccc(C=Nc3ccc(-c4nc5cc(CC(=O)O)ccc5o4)cc3F)cc2)cc1Br. The minimum absolute atomic E-state index is 0.126. The summed E-state index contributed by atoms with van der Waals surface area (Å²) in [5.74, 6) is -0.923. The second-order valence-electron chi connectivity index (χ2n) is 8.74. The third-order valence-electron chi connectivity index (χ3n) is 5.94. The summed E-state index contributed by atoms with van der Waals surface area (Å²) in [5, 5.41) is 11.8. The molecule has 5 aromatic rings. The number of anilines is 1. The Hall–Kier alpha value is -4.83. The second-order valence-corrected chi connectivity index (χ2v) is 9.60. The third-order valence-corrected chi connectivity index (χ3v) is 6.56. The molecule has 1 aromatic heterocycles. The van der Waals surface area contributed by atoms with Crippen LogP contribution in [0, 0.1) is 5.82 Å². The molecule has 10 heteroatoms. The Labute approximate surface area is 236 Å². The third kappa shape index (κ3) is 6.08. The lowest BCUT2D eigenvalue weighted by Crippen LogP contribution is -2.11. The first-order valence-corrected chi connectivity index (χ1v) is 12.8. The van der Waals surface area contributed by atoms with E-state index in [1.54, 1.807) is 73.8 Å². The molecule has 1 heterocycles. The van der Waals surface area contributed by atoms with Crippen molar-refractivity contribution in [3.63, 3.8) is 0 Å². The number of carboxylic acids is 1. The summed E-state index contributed by atoms with van der Waals surface area (Å²) in [6, 6.07) is 21.4. The van der Waals surface area contributed by atoms with Crippen LogP contribution < -0.4 is 10.1 Å². The molecule has 0 aliphatic carbocycles. The van der Waals surface area contributed by atoms with Gasteiger partial charge in [-0.1, -0.05) is 18.2 Å². The summed E-state index contributed by atoms with van der Waals surface area (Å²) in [4.78, 5) is 32.1. The zero-order valence-electron chi connectivity index (χ0n) is 21.0. The van der Waals surface area contributed by atoms with E-state index < -0.39 is 11.8 Å². The quantitative estimate of drug-likeness (QED) is 0.184. The molecule has 0 radical (unpaired) electrons. The molecule has 0 aliphatic rings. The van der Waals surface area contributed by atoms with Crippen LogP contribution in [0.25, 0.3) is 22.6 Å². The zero-order valence-corrected chi connectivity index (χ0v) is 22.6. The largest absolute Gasteiger partial charge is 0.496 e. The van der Waals surface area contributed by atoms with Crippen molar-refractivity contribution in [2.45, 2.75) is 6.42 Å². The first-order chi connectivity index (χ1) is 19.3. The van der Waals surface area contributed by atoms with E-state index in [2.05, 4.69) is 31.2 Å². The second kappa shape index (κ2) is 11.5. The van der Waals surface area contributed by atoms with Crippen molar-refractivity contribution < 1.29 is 28.2 Å². The van der Waals surface area contributed by atoms with Crippen LogP contribution in [0.2, 0.25) is 0 Å². The van der Waals surface area contributed by atoms with E-state index in [9.17, 15) is 14.0 Å². The highest BCUT2D eigenvalue weighted by Gasteiger charge is 2.13. The van der Waals surface area contributed by atoms with E-state index in [4.69, 9.17) is 14.3 Å². The standard InChI is InChI=1S/C30H21BrFN3O5/c1-39-26-11-6-19(14-22(26)31)29(38)34-21-7-2-17(3-8-21)16-33-24-9-5-20(15-23(24)32)30-35-25-12-18(13-28(36)37)4-10-27(25)40-30/h2-12,14-16H,13H2,1H3,(H,34,38)(H,36,37). The number of halogens is 2. The molecule has 40 heavy (non-hydrogen) atoms. The molecule has 0 aliphatic heterocycles. The van der Waals surface area contributed by atoms with Crippen LogP contribution in [-0.2, 0) is 11.2 Å². The minimum Gasteiger partial charge on any atom is -0.496 e. The Balaban J connectivity index is 1.26. The van der Waals surface area contributed by atoms with Crippen LogP contribution in [0.4, 0.5) is 15.8 Å². The van der Waals surface area contributed by atoms with Crippen LogP contribution in [0.5, 0.6) is 5.75 Å². The van der Waals surface area contributed by atoms with Gasteiger partial charge in [0.15, 0.2) is 5.58 Å². The molecule has 0 fully saturated rings. The number of aliphatic carboxylic acids is 1. The summed E-state index contributed by atoms with van der Waals surface area (Å²) in [7, 11) is 1.55. The highest BCUT2D eigenvalue weighted by atomic mass is 79.9. The van der Waals surface area contributed by atoms with Gasteiger partial charge < -0.3 is 19.6 Å². The van der Waals surface area contributed by atoms with Crippen molar-refractivity contribution in [3.05, 3.63) is 106 Å². The number of aromatic nitrogens is 1. The van der Waals surface area contributed by atoms with Crippen LogP contribution >= 0.6 is 15.9 Å².